The fraction of sp³-hybridized carbons (Fsp3) is 0.571. The molecule has 0 heterocycles. The smallest absolute Gasteiger partial charge is 0.152 e. The summed E-state index contributed by atoms with van der Waals surface area (Å²) >= 11 is 0. The average molecular weight is 288 g/mol. The normalized spacial score (nSPS) is 13.7. The van der Waals surface area contributed by atoms with Crippen molar-refractivity contribution in [2.75, 3.05) is 12.4 Å². The maximum Gasteiger partial charge on any atom is 0.152 e. The van der Waals surface area contributed by atoms with E-state index in [0.29, 0.717) is 12.8 Å². The maximum atomic E-state index is 13.0. The molecule has 1 N–H and O–H groups in total. The van der Waals surface area contributed by atoms with Crippen LogP contribution in [0.3, 0.4) is 0 Å². The van der Waals surface area contributed by atoms with Gasteiger partial charge in [0.05, 0.1) is 11.0 Å². The largest absolute Gasteiger partial charge is 0.396 e. The van der Waals surface area contributed by atoms with Gasteiger partial charge in [0, 0.05) is 6.61 Å². The Morgan fingerprint density at radius 1 is 1.32 bits per heavy atom. The van der Waals surface area contributed by atoms with Crippen molar-refractivity contribution in [2.24, 2.45) is 5.92 Å². The fourth-order valence-electron chi connectivity index (χ4n) is 1.82. The summed E-state index contributed by atoms with van der Waals surface area (Å²) < 4.78 is 36.5. The zero-order valence-electron chi connectivity index (χ0n) is 11.3. The zero-order valence-corrected chi connectivity index (χ0v) is 12.2. The fourth-order valence-corrected chi connectivity index (χ4v) is 2.96. The van der Waals surface area contributed by atoms with Crippen LogP contribution in [0.25, 0.3) is 0 Å². The van der Waals surface area contributed by atoms with Crippen LogP contribution in [0.1, 0.15) is 25.8 Å². The van der Waals surface area contributed by atoms with Crippen molar-refractivity contribution in [3.05, 3.63) is 35.6 Å². The number of aliphatic hydroxyl groups excluding tert-OH is 1. The van der Waals surface area contributed by atoms with Gasteiger partial charge in [-0.05, 0) is 50.3 Å². The Morgan fingerprint density at radius 3 is 2.53 bits per heavy atom. The summed E-state index contributed by atoms with van der Waals surface area (Å²) in [6.07, 6.45) is 0.884. The summed E-state index contributed by atoms with van der Waals surface area (Å²) in [4.78, 5) is 0. The van der Waals surface area contributed by atoms with Gasteiger partial charge in [0.2, 0.25) is 0 Å². The molecular weight excluding hydrogens is 267 g/mol. The Kier molecular flexibility index (Phi) is 5.94. The second kappa shape index (κ2) is 7.01. The average Bonchev–Trinajstić information content (AvgIpc) is 2.34. The van der Waals surface area contributed by atoms with Crippen molar-refractivity contribution in [3.8, 4) is 0 Å². The number of halogens is 1. The van der Waals surface area contributed by atoms with Crippen molar-refractivity contribution in [1.82, 2.24) is 0 Å². The van der Waals surface area contributed by atoms with E-state index >= 15 is 0 Å². The Balaban J connectivity index is 2.60. The number of rotatable bonds is 7. The van der Waals surface area contributed by atoms with Crippen LogP contribution in [0, 0.1) is 11.7 Å². The van der Waals surface area contributed by atoms with Gasteiger partial charge in [0.1, 0.15) is 5.82 Å². The van der Waals surface area contributed by atoms with Crippen LogP contribution in [0.2, 0.25) is 0 Å². The predicted molar refractivity (Wildman–Crippen MR) is 74.2 cm³/mol. The van der Waals surface area contributed by atoms with Gasteiger partial charge in [-0.15, -0.1) is 0 Å². The standard InChI is InChI=1S/C14H21FO3S/c1-11(2)19(17,18)7-6-13(10-16)8-12-4-3-5-14(15)9-12/h3-5,9,11,13,16H,6-8,10H2,1-2H3. The molecule has 0 fully saturated rings. The monoisotopic (exact) mass is 288 g/mol. The first-order valence-corrected chi connectivity index (χ1v) is 8.13. The van der Waals surface area contributed by atoms with Crippen molar-refractivity contribution in [3.63, 3.8) is 0 Å². The van der Waals surface area contributed by atoms with Gasteiger partial charge in [-0.25, -0.2) is 12.8 Å². The summed E-state index contributed by atoms with van der Waals surface area (Å²) in [5.74, 6) is -0.412. The third-order valence-electron chi connectivity index (χ3n) is 3.20. The molecular formula is C14H21FO3S. The molecule has 0 spiro atoms. The van der Waals surface area contributed by atoms with Gasteiger partial charge in [0.25, 0.3) is 0 Å². The molecule has 108 valence electrons. The molecule has 0 aliphatic carbocycles. The van der Waals surface area contributed by atoms with Gasteiger partial charge < -0.3 is 5.11 Å². The van der Waals surface area contributed by atoms with Crippen molar-refractivity contribution < 1.29 is 17.9 Å². The van der Waals surface area contributed by atoms with E-state index in [4.69, 9.17) is 0 Å². The minimum atomic E-state index is -3.09. The third kappa shape index (κ3) is 5.28. The third-order valence-corrected chi connectivity index (χ3v) is 5.44. The summed E-state index contributed by atoms with van der Waals surface area (Å²) in [6, 6.07) is 6.17. The van der Waals surface area contributed by atoms with E-state index in [9.17, 15) is 17.9 Å². The van der Waals surface area contributed by atoms with Crippen LogP contribution in [0.4, 0.5) is 4.39 Å². The Bertz CT molecular complexity index is 497. The molecule has 19 heavy (non-hydrogen) atoms. The van der Waals surface area contributed by atoms with Gasteiger partial charge in [0.15, 0.2) is 9.84 Å². The molecule has 1 rings (SSSR count). The second-order valence-corrected chi connectivity index (χ2v) is 7.76. The van der Waals surface area contributed by atoms with Gasteiger partial charge >= 0.3 is 0 Å². The zero-order chi connectivity index (χ0) is 14.5. The lowest BCUT2D eigenvalue weighted by atomic mass is 9.98. The topological polar surface area (TPSA) is 54.4 Å². The molecule has 1 aromatic rings. The molecule has 0 aliphatic rings. The number of aliphatic hydroxyl groups is 1. The summed E-state index contributed by atoms with van der Waals surface area (Å²) in [5.41, 5.74) is 0.779. The first-order chi connectivity index (χ1) is 8.85. The van der Waals surface area contributed by atoms with Crippen LogP contribution < -0.4 is 0 Å². The molecule has 3 nitrogen and oxygen atoms in total. The lowest BCUT2D eigenvalue weighted by Crippen LogP contribution is -2.21. The lowest BCUT2D eigenvalue weighted by molar-refractivity contribution is 0.222. The van der Waals surface area contributed by atoms with Gasteiger partial charge in [-0.2, -0.15) is 0 Å². The second-order valence-electron chi connectivity index (χ2n) is 5.09. The molecule has 0 amide bonds. The van der Waals surface area contributed by atoms with E-state index in [-0.39, 0.29) is 24.1 Å². The summed E-state index contributed by atoms with van der Waals surface area (Å²) in [7, 11) is -3.09. The molecule has 0 aliphatic heterocycles. The molecule has 0 aromatic heterocycles. The molecule has 0 radical (unpaired) electrons. The molecule has 1 aromatic carbocycles. The SMILES string of the molecule is CC(C)S(=O)(=O)CCC(CO)Cc1cccc(F)c1. The highest BCUT2D eigenvalue weighted by Gasteiger charge is 2.19. The highest BCUT2D eigenvalue weighted by atomic mass is 32.2. The first-order valence-electron chi connectivity index (χ1n) is 6.42. The van der Waals surface area contributed by atoms with E-state index in [1.165, 1.54) is 12.1 Å². The molecule has 5 heteroatoms. The lowest BCUT2D eigenvalue weighted by Gasteiger charge is -2.15. The highest BCUT2D eigenvalue weighted by Crippen LogP contribution is 2.15. The van der Waals surface area contributed by atoms with Crippen LogP contribution in [-0.2, 0) is 16.3 Å². The Labute approximate surface area is 114 Å². The maximum absolute atomic E-state index is 13.0. The predicted octanol–water partition coefficient (Wildman–Crippen LogP) is 2.19. The van der Waals surface area contributed by atoms with Crippen molar-refractivity contribution in [2.45, 2.75) is 31.9 Å². The van der Waals surface area contributed by atoms with E-state index < -0.39 is 15.1 Å². The van der Waals surface area contributed by atoms with Gasteiger partial charge in [-0.1, -0.05) is 12.1 Å². The summed E-state index contributed by atoms with van der Waals surface area (Å²) in [6.45, 7) is 3.20. The molecule has 1 unspecified atom stereocenters. The van der Waals surface area contributed by atoms with E-state index in [1.807, 2.05) is 0 Å². The number of sulfone groups is 1. The molecule has 0 saturated carbocycles. The molecule has 0 saturated heterocycles. The van der Waals surface area contributed by atoms with Crippen LogP contribution >= 0.6 is 0 Å². The van der Waals surface area contributed by atoms with Crippen molar-refractivity contribution in [1.29, 1.82) is 0 Å². The van der Waals surface area contributed by atoms with E-state index in [0.717, 1.165) is 5.56 Å². The summed E-state index contributed by atoms with van der Waals surface area (Å²) in [5, 5.41) is 8.90. The Hall–Kier alpha value is -0.940. The van der Waals surface area contributed by atoms with Crippen molar-refractivity contribution >= 4 is 9.84 Å². The Morgan fingerprint density at radius 2 is 2.00 bits per heavy atom. The van der Waals surface area contributed by atoms with Crippen LogP contribution in [-0.4, -0.2) is 31.1 Å². The number of hydrogen-bond acceptors (Lipinski definition) is 3. The van der Waals surface area contributed by atoms with E-state index in [2.05, 4.69) is 0 Å². The van der Waals surface area contributed by atoms with Gasteiger partial charge in [-0.3, -0.25) is 0 Å². The van der Waals surface area contributed by atoms with Crippen LogP contribution in [0.15, 0.2) is 24.3 Å². The minimum absolute atomic E-state index is 0.0607. The van der Waals surface area contributed by atoms with E-state index in [1.54, 1.807) is 26.0 Å². The number of benzene rings is 1. The minimum Gasteiger partial charge on any atom is -0.396 e. The highest BCUT2D eigenvalue weighted by molar-refractivity contribution is 7.91. The number of hydrogen-bond donors (Lipinski definition) is 1. The molecule has 1 atom stereocenters. The van der Waals surface area contributed by atoms with Crippen LogP contribution in [0.5, 0.6) is 0 Å². The quantitative estimate of drug-likeness (QED) is 0.837. The molecule has 0 bridgehead atoms. The first kappa shape index (κ1) is 16.1.